The van der Waals surface area contributed by atoms with Crippen LogP contribution in [-0.2, 0) is 13.7 Å². The zero-order valence-corrected chi connectivity index (χ0v) is 11.6. The Bertz CT molecular complexity index is 916. The smallest absolute Gasteiger partial charge is 0.369 e. The molecule has 3 heterocycles. The van der Waals surface area contributed by atoms with Crippen LogP contribution in [0.5, 0.6) is 5.88 Å². The fourth-order valence-corrected chi connectivity index (χ4v) is 2.28. The largest absolute Gasteiger partial charge is 0.472 e. The SMILES string of the molecule is [3H]n1ccc(OCc2c(-n3nnn(C)c3=O)nsc2C#C)n1. The van der Waals surface area contributed by atoms with E-state index in [2.05, 4.69) is 25.8 Å². The number of aromatic nitrogens is 7. The fraction of sp³-hybridized carbons (Fsp3) is 0.182. The number of aromatic amines is 1. The summed E-state index contributed by atoms with van der Waals surface area (Å²) in [5.41, 5.74) is 0.0974. The third-order valence-electron chi connectivity index (χ3n) is 2.63. The van der Waals surface area contributed by atoms with Gasteiger partial charge in [-0.15, -0.1) is 16.2 Å². The Hall–Kier alpha value is -2.93. The second-order valence-electron chi connectivity index (χ2n) is 3.91. The van der Waals surface area contributed by atoms with E-state index in [4.69, 9.17) is 12.6 Å². The van der Waals surface area contributed by atoms with E-state index in [0.29, 0.717) is 10.4 Å². The minimum Gasteiger partial charge on any atom is -0.472 e. The number of hydrogen-bond acceptors (Lipinski definition) is 7. The average Bonchev–Trinajstić information content (AvgIpc) is 3.18. The molecule has 0 aromatic carbocycles. The first-order chi connectivity index (χ1) is 10.6. The quantitative estimate of drug-likeness (QED) is 0.664. The van der Waals surface area contributed by atoms with E-state index in [0.717, 1.165) is 26.0 Å². The van der Waals surface area contributed by atoms with Gasteiger partial charge in [-0.25, -0.2) is 4.79 Å². The molecular formula is C11H9N7O2S. The van der Waals surface area contributed by atoms with Crippen molar-refractivity contribution >= 4 is 11.5 Å². The highest BCUT2D eigenvalue weighted by Gasteiger charge is 2.19. The molecule has 10 heteroatoms. The lowest BCUT2D eigenvalue weighted by atomic mass is 10.2. The molecule has 9 nitrogen and oxygen atoms in total. The van der Waals surface area contributed by atoms with Gasteiger partial charge in [-0.2, -0.15) is 9.06 Å². The van der Waals surface area contributed by atoms with Gasteiger partial charge >= 0.3 is 5.69 Å². The number of nitrogens with one attached hydrogen (secondary N) is 1. The Morgan fingerprint density at radius 2 is 2.48 bits per heavy atom. The zero-order chi connectivity index (χ0) is 15.7. The Labute approximate surface area is 123 Å². The van der Waals surface area contributed by atoms with Crippen LogP contribution in [-0.4, -0.2) is 34.4 Å². The van der Waals surface area contributed by atoms with Crippen LogP contribution in [0.25, 0.3) is 5.82 Å². The lowest BCUT2D eigenvalue weighted by Gasteiger charge is -2.03. The minimum absolute atomic E-state index is 0.0470. The van der Waals surface area contributed by atoms with Gasteiger partial charge in [-0.05, 0) is 22.0 Å². The van der Waals surface area contributed by atoms with Crippen molar-refractivity contribution < 1.29 is 6.15 Å². The number of aryl methyl sites for hydroxylation is 1. The first-order valence-corrected chi connectivity index (χ1v) is 6.49. The van der Waals surface area contributed by atoms with Crippen LogP contribution < -0.4 is 10.4 Å². The Balaban J connectivity index is 1.96. The third kappa shape index (κ3) is 2.30. The molecule has 0 fully saturated rings. The minimum atomic E-state index is -0.439. The molecule has 106 valence electrons. The van der Waals surface area contributed by atoms with Crippen molar-refractivity contribution in [3.8, 4) is 24.0 Å². The molecule has 0 aliphatic heterocycles. The molecule has 0 saturated heterocycles. The van der Waals surface area contributed by atoms with Crippen molar-refractivity contribution in [2.45, 2.75) is 6.61 Å². The molecule has 3 aromatic heterocycles. The monoisotopic (exact) mass is 305 g/mol. The highest BCUT2D eigenvalue weighted by atomic mass is 32.1. The molecule has 0 amide bonds. The van der Waals surface area contributed by atoms with Gasteiger partial charge in [0.2, 0.25) is 5.88 Å². The number of ether oxygens (including phenoxy) is 1. The maximum Gasteiger partial charge on any atom is 0.369 e. The molecular weight excluding hydrogens is 294 g/mol. The molecule has 0 saturated carbocycles. The molecule has 0 aliphatic rings. The van der Waals surface area contributed by atoms with E-state index in [1.54, 1.807) is 0 Å². The van der Waals surface area contributed by atoms with Crippen LogP contribution in [0.15, 0.2) is 17.1 Å². The molecule has 0 aliphatic carbocycles. The van der Waals surface area contributed by atoms with Crippen LogP contribution in [0.4, 0.5) is 0 Å². The average molecular weight is 305 g/mol. The first kappa shape index (κ1) is 11.9. The van der Waals surface area contributed by atoms with E-state index in [9.17, 15) is 4.79 Å². The molecule has 0 radical (unpaired) electrons. The molecule has 0 spiro atoms. The summed E-state index contributed by atoms with van der Waals surface area (Å²) in [5.74, 6) is 3.04. The Morgan fingerprint density at radius 3 is 3.10 bits per heavy atom. The van der Waals surface area contributed by atoms with Crippen molar-refractivity contribution in [3.63, 3.8) is 0 Å². The van der Waals surface area contributed by atoms with Gasteiger partial charge in [0, 0.05) is 19.3 Å². The summed E-state index contributed by atoms with van der Waals surface area (Å²) in [7, 11) is 1.48. The van der Waals surface area contributed by atoms with Crippen molar-refractivity contribution in [3.05, 3.63) is 33.2 Å². The summed E-state index contributed by atoms with van der Waals surface area (Å²) in [6, 6.07) is 1.54. The van der Waals surface area contributed by atoms with E-state index in [1.165, 1.54) is 19.3 Å². The second-order valence-corrected chi connectivity index (χ2v) is 4.69. The lowest BCUT2D eigenvalue weighted by molar-refractivity contribution is 0.293. The highest BCUT2D eigenvalue weighted by molar-refractivity contribution is 7.06. The number of tetrazole rings is 1. The van der Waals surface area contributed by atoms with Gasteiger partial charge in [0.15, 0.2) is 7.23 Å². The number of terminal acetylenes is 1. The normalized spacial score (nSPS) is 11.1. The summed E-state index contributed by atoms with van der Waals surface area (Å²) < 4.78 is 19.0. The standard InChI is InChI=1S/C11H9N7O2S/c1-3-8-7(6-20-9-4-5-12-13-9)10(14-21-8)18-11(19)17(2)15-16-18/h1,4-5H,6H2,2H3,(H,12,13)/i/hT. The fourth-order valence-electron chi connectivity index (χ4n) is 1.60. The molecule has 3 aromatic rings. The van der Waals surface area contributed by atoms with Crippen LogP contribution in [0.2, 0.25) is 1.41 Å². The van der Waals surface area contributed by atoms with E-state index >= 15 is 0 Å². The molecule has 0 unspecified atom stereocenters. The van der Waals surface area contributed by atoms with Crippen molar-refractivity contribution in [2.75, 3.05) is 0 Å². The Morgan fingerprint density at radius 1 is 1.62 bits per heavy atom. The van der Waals surface area contributed by atoms with Crippen LogP contribution >= 0.6 is 11.5 Å². The second kappa shape index (κ2) is 5.22. The summed E-state index contributed by atoms with van der Waals surface area (Å²) in [4.78, 5) is 12.5. The number of hydrogen-bond donors (Lipinski definition) is 1. The van der Waals surface area contributed by atoms with Crippen LogP contribution in [0.3, 0.4) is 0 Å². The maximum atomic E-state index is 11.9. The predicted octanol–water partition coefficient (Wildman–Crippen LogP) is -0.294. The molecule has 0 atom stereocenters. The predicted molar refractivity (Wildman–Crippen MR) is 73.1 cm³/mol. The van der Waals surface area contributed by atoms with Crippen molar-refractivity contribution in [1.29, 1.82) is 0 Å². The van der Waals surface area contributed by atoms with E-state index < -0.39 is 5.69 Å². The van der Waals surface area contributed by atoms with Gasteiger partial charge in [-0.3, -0.25) is 5.09 Å². The summed E-state index contributed by atoms with van der Waals surface area (Å²) in [6.07, 6.45) is 6.87. The summed E-state index contributed by atoms with van der Waals surface area (Å²) >= 11 is 1.06. The molecule has 21 heavy (non-hydrogen) atoms. The first-order valence-electron chi connectivity index (χ1n) is 6.17. The zero-order valence-electron chi connectivity index (χ0n) is 11.8. The van der Waals surface area contributed by atoms with Gasteiger partial charge in [0.1, 0.15) is 11.5 Å². The number of nitrogens with zero attached hydrogens (tertiary/aromatic N) is 6. The van der Waals surface area contributed by atoms with E-state index in [-0.39, 0.29) is 18.3 Å². The maximum absolute atomic E-state index is 11.9. The van der Waals surface area contributed by atoms with Crippen LogP contribution in [0, 0.1) is 12.3 Å². The van der Waals surface area contributed by atoms with Gasteiger partial charge < -0.3 is 4.74 Å². The van der Waals surface area contributed by atoms with Crippen molar-refractivity contribution in [2.24, 2.45) is 7.05 Å². The molecule has 0 bridgehead atoms. The topological polar surface area (TPSA) is 104 Å². The van der Waals surface area contributed by atoms with E-state index in [1.807, 2.05) is 0 Å². The van der Waals surface area contributed by atoms with Gasteiger partial charge in [0.25, 0.3) is 0 Å². The summed E-state index contributed by atoms with van der Waals surface area (Å²) in [6.45, 7) is 0.0470. The Kier molecular flexibility index (Phi) is 2.95. The van der Waals surface area contributed by atoms with Crippen molar-refractivity contribution in [1.82, 2.24) is 34.4 Å². The summed E-state index contributed by atoms with van der Waals surface area (Å²) in [5, 5.41) is 12.0. The molecule has 1 N–H and O–H groups in total. The van der Waals surface area contributed by atoms with Gasteiger partial charge in [0.05, 0.1) is 5.56 Å². The van der Waals surface area contributed by atoms with Gasteiger partial charge in [-0.1, -0.05) is 5.92 Å². The molecule has 3 rings (SSSR count). The third-order valence-corrected chi connectivity index (χ3v) is 3.44. The highest BCUT2D eigenvalue weighted by Crippen LogP contribution is 2.21. The number of H-pyrrole nitrogens is 1. The lowest BCUT2D eigenvalue weighted by Crippen LogP contribution is -2.23. The number of rotatable bonds is 4. The van der Waals surface area contributed by atoms with Crippen LogP contribution in [0.1, 0.15) is 10.4 Å².